The second-order valence-corrected chi connectivity index (χ2v) is 6.31. The van der Waals surface area contributed by atoms with Crippen LogP contribution in [0.4, 0.5) is 0 Å². The van der Waals surface area contributed by atoms with Crippen molar-refractivity contribution in [2.75, 3.05) is 14.2 Å². The molecule has 112 valence electrons. The Kier molecular flexibility index (Phi) is 5.20. The van der Waals surface area contributed by atoms with Gasteiger partial charge >= 0.3 is 0 Å². The van der Waals surface area contributed by atoms with Crippen molar-refractivity contribution in [3.63, 3.8) is 0 Å². The number of ether oxygens (including phenoxy) is 2. The van der Waals surface area contributed by atoms with Crippen LogP contribution < -0.4 is 9.47 Å². The van der Waals surface area contributed by atoms with Crippen LogP contribution in [0.15, 0.2) is 18.2 Å². The fourth-order valence-corrected chi connectivity index (χ4v) is 3.95. The molecular weight excluding hydrogens is 272 g/mol. The normalized spacial score (nSPS) is 18.8. The fraction of sp³-hybridized carbons (Fsp3) is 0.647. The third-order valence-corrected chi connectivity index (χ3v) is 5.45. The first-order valence-electron chi connectivity index (χ1n) is 7.50. The van der Waals surface area contributed by atoms with Crippen LogP contribution in [0.25, 0.3) is 0 Å². The lowest BCUT2D eigenvalue weighted by atomic mass is 9.78. The van der Waals surface area contributed by atoms with E-state index in [1.165, 1.54) is 37.7 Å². The Bertz CT molecular complexity index is 439. The second kappa shape index (κ2) is 6.71. The van der Waals surface area contributed by atoms with Gasteiger partial charge in [-0.3, -0.25) is 0 Å². The minimum Gasteiger partial charge on any atom is -0.493 e. The Morgan fingerprint density at radius 3 is 2.35 bits per heavy atom. The average Bonchev–Trinajstić information content (AvgIpc) is 2.97. The summed E-state index contributed by atoms with van der Waals surface area (Å²) in [6, 6.07) is 6.10. The van der Waals surface area contributed by atoms with E-state index in [1.807, 2.05) is 12.1 Å². The number of alkyl halides is 1. The van der Waals surface area contributed by atoms with Crippen LogP contribution in [0.5, 0.6) is 11.5 Å². The summed E-state index contributed by atoms with van der Waals surface area (Å²) in [5.41, 5.74) is 1.55. The fourth-order valence-electron chi connectivity index (χ4n) is 3.40. The number of hydrogen-bond acceptors (Lipinski definition) is 2. The van der Waals surface area contributed by atoms with Crippen molar-refractivity contribution in [3.8, 4) is 11.5 Å². The quantitative estimate of drug-likeness (QED) is 0.700. The Morgan fingerprint density at radius 2 is 1.80 bits per heavy atom. The van der Waals surface area contributed by atoms with Crippen LogP contribution in [0.2, 0.25) is 0 Å². The minimum atomic E-state index is 0.202. The van der Waals surface area contributed by atoms with E-state index in [2.05, 4.69) is 13.0 Å². The molecule has 1 aromatic carbocycles. The molecule has 0 bridgehead atoms. The largest absolute Gasteiger partial charge is 0.493 e. The smallest absolute Gasteiger partial charge is 0.160 e. The Morgan fingerprint density at radius 1 is 1.15 bits per heavy atom. The van der Waals surface area contributed by atoms with E-state index in [1.54, 1.807) is 14.2 Å². The highest BCUT2D eigenvalue weighted by atomic mass is 35.5. The number of halogens is 1. The maximum Gasteiger partial charge on any atom is 0.160 e. The van der Waals surface area contributed by atoms with E-state index in [0.717, 1.165) is 17.9 Å². The van der Waals surface area contributed by atoms with Crippen LogP contribution in [0.3, 0.4) is 0 Å². The third kappa shape index (κ3) is 3.06. The second-order valence-electron chi connectivity index (χ2n) is 5.78. The van der Waals surface area contributed by atoms with Gasteiger partial charge in [-0.15, -0.1) is 11.6 Å². The number of benzene rings is 1. The number of hydrogen-bond donors (Lipinski definition) is 0. The summed E-state index contributed by atoms with van der Waals surface area (Å²) in [4.78, 5) is 0. The van der Waals surface area contributed by atoms with Crippen LogP contribution in [0.1, 0.15) is 44.6 Å². The van der Waals surface area contributed by atoms with E-state index >= 15 is 0 Å². The molecule has 1 aromatic rings. The third-order valence-electron chi connectivity index (χ3n) is 4.83. The van der Waals surface area contributed by atoms with Gasteiger partial charge in [-0.25, -0.2) is 0 Å². The van der Waals surface area contributed by atoms with Crippen molar-refractivity contribution in [2.45, 2.75) is 50.8 Å². The molecule has 1 saturated carbocycles. The van der Waals surface area contributed by atoms with Crippen LogP contribution in [0, 0.1) is 5.41 Å². The zero-order chi connectivity index (χ0) is 14.6. The van der Waals surface area contributed by atoms with Crippen LogP contribution in [-0.4, -0.2) is 19.6 Å². The highest BCUT2D eigenvalue weighted by Gasteiger charge is 2.38. The predicted octanol–water partition coefficient (Wildman–Crippen LogP) is 4.82. The lowest BCUT2D eigenvalue weighted by Crippen LogP contribution is -2.29. The van der Waals surface area contributed by atoms with Gasteiger partial charge in [0.25, 0.3) is 0 Å². The van der Waals surface area contributed by atoms with Crippen LogP contribution in [-0.2, 0) is 6.42 Å². The summed E-state index contributed by atoms with van der Waals surface area (Å²) >= 11 is 6.78. The summed E-state index contributed by atoms with van der Waals surface area (Å²) in [5.74, 6) is 1.55. The van der Waals surface area contributed by atoms with E-state index in [-0.39, 0.29) is 5.38 Å². The van der Waals surface area contributed by atoms with E-state index < -0.39 is 0 Å². The number of methoxy groups -OCH3 is 2. The van der Waals surface area contributed by atoms with Crippen molar-refractivity contribution in [1.82, 2.24) is 0 Å². The van der Waals surface area contributed by atoms with Gasteiger partial charge in [0.15, 0.2) is 11.5 Å². The highest BCUT2D eigenvalue weighted by molar-refractivity contribution is 6.21. The predicted molar refractivity (Wildman–Crippen MR) is 84.1 cm³/mol. The summed E-state index contributed by atoms with van der Waals surface area (Å²) in [5, 5.41) is 0.202. The Labute approximate surface area is 127 Å². The van der Waals surface area contributed by atoms with Gasteiger partial charge in [-0.2, -0.15) is 0 Å². The first-order chi connectivity index (χ1) is 9.65. The SMILES string of the molecule is CCC1(C(Cl)Cc2ccc(OC)c(OC)c2)CCCC1. The molecule has 20 heavy (non-hydrogen) atoms. The van der Waals surface area contributed by atoms with Gasteiger partial charge in [-0.1, -0.05) is 25.8 Å². The molecule has 0 amide bonds. The lowest BCUT2D eigenvalue weighted by Gasteiger charge is -2.33. The topological polar surface area (TPSA) is 18.5 Å². The van der Waals surface area contributed by atoms with Crippen molar-refractivity contribution in [1.29, 1.82) is 0 Å². The maximum atomic E-state index is 6.78. The van der Waals surface area contributed by atoms with Gasteiger partial charge in [0.2, 0.25) is 0 Å². The monoisotopic (exact) mass is 296 g/mol. The molecular formula is C17H25ClO2. The summed E-state index contributed by atoms with van der Waals surface area (Å²) < 4.78 is 10.6. The first-order valence-corrected chi connectivity index (χ1v) is 7.94. The van der Waals surface area contributed by atoms with Gasteiger partial charge in [0.1, 0.15) is 0 Å². The highest BCUT2D eigenvalue weighted by Crippen LogP contribution is 2.47. The molecule has 1 atom stereocenters. The van der Waals surface area contributed by atoms with Crippen molar-refractivity contribution < 1.29 is 9.47 Å². The molecule has 2 nitrogen and oxygen atoms in total. The molecule has 0 heterocycles. The first kappa shape index (κ1) is 15.5. The lowest BCUT2D eigenvalue weighted by molar-refractivity contribution is 0.267. The molecule has 0 spiro atoms. The van der Waals surface area contributed by atoms with Gasteiger partial charge in [-0.05, 0) is 48.8 Å². The summed E-state index contributed by atoms with van der Waals surface area (Å²) in [6.45, 7) is 2.27. The molecule has 0 aliphatic heterocycles. The van der Waals surface area contributed by atoms with Crippen molar-refractivity contribution >= 4 is 11.6 Å². The van der Waals surface area contributed by atoms with E-state index in [9.17, 15) is 0 Å². The molecule has 1 aliphatic carbocycles. The van der Waals surface area contributed by atoms with Gasteiger partial charge in [0.05, 0.1) is 14.2 Å². The van der Waals surface area contributed by atoms with E-state index in [0.29, 0.717) is 5.41 Å². The molecule has 0 aromatic heterocycles. The standard InChI is InChI=1S/C17H25ClO2/c1-4-17(9-5-6-10-17)16(18)12-13-7-8-14(19-2)15(11-13)20-3/h7-8,11,16H,4-6,9-10,12H2,1-3H3. The molecule has 1 fully saturated rings. The molecule has 0 radical (unpaired) electrons. The van der Waals surface area contributed by atoms with Gasteiger partial charge < -0.3 is 9.47 Å². The average molecular weight is 297 g/mol. The summed E-state index contributed by atoms with van der Waals surface area (Å²) in [6.07, 6.45) is 7.26. The molecule has 0 saturated heterocycles. The number of rotatable bonds is 6. The molecule has 3 heteroatoms. The zero-order valence-corrected chi connectivity index (χ0v) is 13.5. The minimum absolute atomic E-state index is 0.202. The molecule has 1 unspecified atom stereocenters. The maximum absolute atomic E-state index is 6.78. The zero-order valence-electron chi connectivity index (χ0n) is 12.7. The Balaban J connectivity index is 2.13. The molecule has 1 aliphatic rings. The Hall–Kier alpha value is -0.890. The molecule has 2 rings (SSSR count). The summed E-state index contributed by atoms with van der Waals surface area (Å²) in [7, 11) is 3.33. The van der Waals surface area contributed by atoms with E-state index in [4.69, 9.17) is 21.1 Å². The van der Waals surface area contributed by atoms with Crippen molar-refractivity contribution in [3.05, 3.63) is 23.8 Å². The molecule has 0 N–H and O–H groups in total. The van der Waals surface area contributed by atoms with Crippen LogP contribution >= 0.6 is 11.6 Å². The van der Waals surface area contributed by atoms with Gasteiger partial charge in [0, 0.05) is 5.38 Å². The van der Waals surface area contributed by atoms with Crippen molar-refractivity contribution in [2.24, 2.45) is 5.41 Å².